The number of piperazine rings is 1. The Morgan fingerprint density at radius 1 is 0.806 bits per heavy atom. The van der Waals surface area contributed by atoms with Crippen LogP contribution in [-0.2, 0) is 10.2 Å². The molecule has 0 radical (unpaired) electrons. The van der Waals surface area contributed by atoms with Gasteiger partial charge in [-0.05, 0) is 29.7 Å². The van der Waals surface area contributed by atoms with Crippen molar-refractivity contribution < 1.29 is 14.6 Å². The number of aliphatic hydroxyl groups excluding tert-OH is 1. The van der Waals surface area contributed by atoms with E-state index in [1.807, 2.05) is 83.8 Å². The van der Waals surface area contributed by atoms with Crippen LogP contribution in [-0.4, -0.2) is 79.8 Å². The van der Waals surface area contributed by atoms with E-state index in [0.717, 1.165) is 48.7 Å². The number of methoxy groups -OCH3 is 1. The highest BCUT2D eigenvalue weighted by molar-refractivity contribution is 5.94. The lowest BCUT2D eigenvalue weighted by atomic mass is 9.73. The molecular weight excluding hydrogens is 450 g/mol. The maximum atomic E-state index is 13.9. The maximum Gasteiger partial charge on any atom is 0.237 e. The SMILES string of the molecule is COc1ccccc1N1CCN(CC(O)CN2CCC(c3ccccc3)(c3ccccc3)C2=O)CC1. The molecule has 0 bridgehead atoms. The van der Waals surface area contributed by atoms with E-state index < -0.39 is 11.5 Å². The number of rotatable bonds is 8. The summed E-state index contributed by atoms with van der Waals surface area (Å²) in [7, 11) is 1.70. The zero-order valence-corrected chi connectivity index (χ0v) is 20.9. The molecule has 2 heterocycles. The second-order valence-electron chi connectivity index (χ2n) is 9.75. The highest BCUT2D eigenvalue weighted by Gasteiger charge is 2.49. The van der Waals surface area contributed by atoms with E-state index in [0.29, 0.717) is 26.1 Å². The second-order valence-corrected chi connectivity index (χ2v) is 9.75. The third kappa shape index (κ3) is 4.71. The molecule has 0 saturated carbocycles. The first-order valence-electron chi connectivity index (χ1n) is 12.8. The Kier molecular flexibility index (Phi) is 7.25. The molecule has 3 aromatic rings. The molecule has 188 valence electrons. The average molecular weight is 486 g/mol. The summed E-state index contributed by atoms with van der Waals surface area (Å²) in [6, 6.07) is 28.2. The smallest absolute Gasteiger partial charge is 0.237 e. The largest absolute Gasteiger partial charge is 0.495 e. The molecule has 1 unspecified atom stereocenters. The lowest BCUT2D eigenvalue weighted by Crippen LogP contribution is -2.50. The quantitative estimate of drug-likeness (QED) is 0.530. The first kappa shape index (κ1) is 24.3. The number of nitrogens with zero attached hydrogens (tertiary/aromatic N) is 3. The summed E-state index contributed by atoms with van der Waals surface area (Å²) >= 11 is 0. The normalized spacial score (nSPS) is 18.9. The molecule has 1 amide bonds. The summed E-state index contributed by atoms with van der Waals surface area (Å²) in [6.07, 6.45) is 0.124. The van der Waals surface area contributed by atoms with Gasteiger partial charge in [0.05, 0.1) is 18.9 Å². The van der Waals surface area contributed by atoms with Crippen molar-refractivity contribution in [1.29, 1.82) is 0 Å². The molecule has 0 aromatic heterocycles. The van der Waals surface area contributed by atoms with Crippen LogP contribution < -0.4 is 9.64 Å². The van der Waals surface area contributed by atoms with Crippen LogP contribution >= 0.6 is 0 Å². The van der Waals surface area contributed by atoms with E-state index in [9.17, 15) is 9.90 Å². The van der Waals surface area contributed by atoms with Crippen molar-refractivity contribution in [3.05, 3.63) is 96.1 Å². The van der Waals surface area contributed by atoms with Crippen LogP contribution in [0.25, 0.3) is 0 Å². The Bertz CT molecular complexity index is 1110. The third-order valence-corrected chi connectivity index (χ3v) is 7.64. The molecule has 5 rings (SSSR count). The van der Waals surface area contributed by atoms with Crippen LogP contribution in [0.5, 0.6) is 5.75 Å². The van der Waals surface area contributed by atoms with Crippen molar-refractivity contribution in [3.63, 3.8) is 0 Å². The van der Waals surface area contributed by atoms with Gasteiger partial charge in [-0.3, -0.25) is 9.69 Å². The number of hydrogen-bond acceptors (Lipinski definition) is 5. The number of β-amino-alcohol motifs (C(OH)–C–C–N with tert-alkyl or cyclic N) is 1. The van der Waals surface area contributed by atoms with Crippen LogP contribution in [0, 0.1) is 0 Å². The molecular formula is C30H35N3O3. The van der Waals surface area contributed by atoms with Crippen molar-refractivity contribution in [2.24, 2.45) is 0 Å². The molecule has 6 nitrogen and oxygen atoms in total. The minimum absolute atomic E-state index is 0.0833. The van der Waals surface area contributed by atoms with Crippen molar-refractivity contribution in [2.75, 3.05) is 57.8 Å². The van der Waals surface area contributed by atoms with Gasteiger partial charge in [-0.1, -0.05) is 72.8 Å². The van der Waals surface area contributed by atoms with Gasteiger partial charge in [0.25, 0.3) is 0 Å². The minimum Gasteiger partial charge on any atom is -0.495 e. The number of amides is 1. The first-order valence-corrected chi connectivity index (χ1v) is 12.8. The van der Waals surface area contributed by atoms with E-state index in [4.69, 9.17) is 4.74 Å². The summed E-state index contributed by atoms with van der Waals surface area (Å²) in [5, 5.41) is 11.0. The number of likely N-dealkylation sites (tertiary alicyclic amines) is 1. The van der Waals surface area contributed by atoms with Gasteiger partial charge in [0.2, 0.25) is 5.91 Å². The monoisotopic (exact) mass is 485 g/mol. The molecule has 0 spiro atoms. The fourth-order valence-electron chi connectivity index (χ4n) is 5.78. The molecule has 2 aliphatic heterocycles. The summed E-state index contributed by atoms with van der Waals surface area (Å²) in [5.41, 5.74) is 2.46. The summed E-state index contributed by atoms with van der Waals surface area (Å²) in [6.45, 7) is 5.03. The number of hydrogen-bond donors (Lipinski definition) is 1. The summed E-state index contributed by atoms with van der Waals surface area (Å²) in [4.78, 5) is 20.4. The van der Waals surface area contributed by atoms with Gasteiger partial charge in [-0.2, -0.15) is 0 Å². The molecule has 2 saturated heterocycles. The van der Waals surface area contributed by atoms with Gasteiger partial charge in [-0.25, -0.2) is 0 Å². The molecule has 1 atom stereocenters. The summed E-state index contributed by atoms with van der Waals surface area (Å²) in [5.74, 6) is 0.971. The van der Waals surface area contributed by atoms with Gasteiger partial charge in [0, 0.05) is 45.8 Å². The van der Waals surface area contributed by atoms with Gasteiger partial charge in [-0.15, -0.1) is 0 Å². The predicted molar refractivity (Wildman–Crippen MR) is 143 cm³/mol. The Morgan fingerprint density at radius 3 is 2.00 bits per heavy atom. The molecule has 1 N–H and O–H groups in total. The van der Waals surface area contributed by atoms with Crippen LogP contribution in [0.2, 0.25) is 0 Å². The Hall–Kier alpha value is -3.35. The number of para-hydroxylation sites is 2. The van der Waals surface area contributed by atoms with E-state index in [1.54, 1.807) is 7.11 Å². The lowest BCUT2D eigenvalue weighted by Gasteiger charge is -2.37. The number of benzene rings is 3. The highest BCUT2D eigenvalue weighted by atomic mass is 16.5. The molecule has 6 heteroatoms. The van der Waals surface area contributed by atoms with E-state index in [-0.39, 0.29) is 5.91 Å². The number of carbonyl (C=O) groups excluding carboxylic acids is 1. The Morgan fingerprint density at radius 2 is 1.39 bits per heavy atom. The number of anilines is 1. The molecule has 36 heavy (non-hydrogen) atoms. The summed E-state index contributed by atoms with van der Waals surface area (Å²) < 4.78 is 5.52. The highest BCUT2D eigenvalue weighted by Crippen LogP contribution is 2.42. The minimum atomic E-state index is -0.692. The lowest BCUT2D eigenvalue weighted by molar-refractivity contribution is -0.132. The fraction of sp³-hybridized carbons (Fsp3) is 0.367. The first-order chi connectivity index (χ1) is 17.6. The maximum absolute atomic E-state index is 13.9. The van der Waals surface area contributed by atoms with Crippen LogP contribution in [0.1, 0.15) is 17.5 Å². The van der Waals surface area contributed by atoms with Crippen LogP contribution in [0.15, 0.2) is 84.9 Å². The second kappa shape index (κ2) is 10.7. The molecule has 3 aromatic carbocycles. The van der Waals surface area contributed by atoms with Gasteiger partial charge in [0.1, 0.15) is 11.2 Å². The fourth-order valence-corrected chi connectivity index (χ4v) is 5.78. The number of aliphatic hydroxyl groups is 1. The zero-order valence-electron chi connectivity index (χ0n) is 20.9. The molecule has 0 aliphatic carbocycles. The molecule has 2 aliphatic rings. The van der Waals surface area contributed by atoms with Crippen LogP contribution in [0.3, 0.4) is 0 Å². The predicted octanol–water partition coefficient (Wildman–Crippen LogP) is 3.40. The van der Waals surface area contributed by atoms with Crippen LogP contribution in [0.4, 0.5) is 5.69 Å². The zero-order chi connectivity index (χ0) is 25.0. The van der Waals surface area contributed by atoms with Gasteiger partial charge in [0.15, 0.2) is 0 Å². The van der Waals surface area contributed by atoms with Gasteiger partial charge < -0.3 is 19.6 Å². The molecule has 2 fully saturated rings. The third-order valence-electron chi connectivity index (χ3n) is 7.64. The van der Waals surface area contributed by atoms with Crippen molar-refractivity contribution >= 4 is 11.6 Å². The number of carbonyl (C=O) groups is 1. The van der Waals surface area contributed by atoms with Crippen molar-refractivity contribution in [2.45, 2.75) is 17.9 Å². The average Bonchev–Trinajstić information content (AvgIpc) is 3.26. The van der Waals surface area contributed by atoms with E-state index in [1.165, 1.54) is 0 Å². The van der Waals surface area contributed by atoms with E-state index >= 15 is 0 Å². The number of ether oxygens (including phenoxy) is 1. The van der Waals surface area contributed by atoms with Gasteiger partial charge >= 0.3 is 0 Å². The van der Waals surface area contributed by atoms with E-state index in [2.05, 4.69) is 15.9 Å². The van der Waals surface area contributed by atoms with Crippen molar-refractivity contribution in [1.82, 2.24) is 9.80 Å². The Labute approximate surface area is 213 Å². The Balaban J connectivity index is 1.22. The standard InChI is InChI=1S/C30H35N3O3/c1-36-28-15-9-8-14-27(28)32-20-18-31(19-21-32)22-26(34)23-33-17-16-30(29(33)35,24-10-4-2-5-11-24)25-12-6-3-7-13-25/h2-15,26,34H,16-23H2,1H3. The topological polar surface area (TPSA) is 56.2 Å². The van der Waals surface area contributed by atoms with Crippen molar-refractivity contribution in [3.8, 4) is 5.75 Å².